The van der Waals surface area contributed by atoms with Crippen LogP contribution in [0.3, 0.4) is 0 Å². The minimum absolute atomic E-state index is 0.0972. The molecule has 4 aromatic rings. The third kappa shape index (κ3) is 2.87. The highest BCUT2D eigenvalue weighted by atomic mass is 16.3. The van der Waals surface area contributed by atoms with E-state index in [4.69, 9.17) is 4.99 Å². The quantitative estimate of drug-likeness (QED) is 0.300. The monoisotopic (exact) mass is 562 g/mol. The molecule has 2 aliphatic carbocycles. The van der Waals surface area contributed by atoms with Crippen molar-refractivity contribution in [2.45, 2.75) is 37.5 Å². The van der Waals surface area contributed by atoms with Crippen molar-refractivity contribution in [2.24, 2.45) is 10.4 Å². The second-order valence-corrected chi connectivity index (χ2v) is 12.3. The Kier molecular flexibility index (Phi) is 4.77. The maximum atomic E-state index is 14.8. The molecule has 6 heteroatoms. The molecule has 0 aromatic heterocycles. The van der Waals surface area contributed by atoms with Crippen LogP contribution in [0.15, 0.2) is 108 Å². The third-order valence-corrected chi connectivity index (χ3v) is 10.3. The largest absolute Gasteiger partial charge is 0.506 e. The van der Waals surface area contributed by atoms with Gasteiger partial charge in [-0.25, -0.2) is 0 Å². The van der Waals surface area contributed by atoms with Gasteiger partial charge in [0.2, 0.25) is 0 Å². The van der Waals surface area contributed by atoms with Crippen molar-refractivity contribution in [3.63, 3.8) is 0 Å². The predicted molar refractivity (Wildman–Crippen MR) is 162 cm³/mol. The second-order valence-electron chi connectivity index (χ2n) is 12.3. The summed E-state index contributed by atoms with van der Waals surface area (Å²) in [6.07, 6.45) is 0.00216. The summed E-state index contributed by atoms with van der Waals surface area (Å²) >= 11 is 0. The van der Waals surface area contributed by atoms with Crippen molar-refractivity contribution < 1.29 is 19.5 Å². The van der Waals surface area contributed by atoms with Gasteiger partial charge in [-0.1, -0.05) is 103 Å². The summed E-state index contributed by atoms with van der Waals surface area (Å²) in [5.41, 5.74) is 4.96. The van der Waals surface area contributed by atoms with Crippen molar-refractivity contribution in [1.29, 1.82) is 0 Å². The second kappa shape index (κ2) is 8.33. The van der Waals surface area contributed by atoms with Crippen LogP contribution in [0.2, 0.25) is 0 Å². The molecule has 1 N–H and O–H groups in total. The van der Waals surface area contributed by atoms with Gasteiger partial charge in [-0.05, 0) is 30.0 Å². The molecule has 1 saturated heterocycles. The van der Waals surface area contributed by atoms with Gasteiger partial charge in [0, 0.05) is 34.2 Å². The van der Waals surface area contributed by atoms with Crippen LogP contribution in [0.1, 0.15) is 71.0 Å². The number of aliphatic hydroxyl groups excluding tert-OH is 1. The molecule has 3 aliphatic heterocycles. The maximum absolute atomic E-state index is 14.8. The summed E-state index contributed by atoms with van der Waals surface area (Å²) in [7, 11) is 0. The average Bonchev–Trinajstić information content (AvgIpc) is 3.70. The van der Waals surface area contributed by atoms with E-state index in [-0.39, 0.29) is 28.7 Å². The summed E-state index contributed by atoms with van der Waals surface area (Å²) < 4.78 is 0. The van der Waals surface area contributed by atoms with Crippen LogP contribution in [-0.2, 0) is 6.42 Å². The molecule has 0 radical (unpaired) electrons. The van der Waals surface area contributed by atoms with Crippen molar-refractivity contribution in [3.05, 3.63) is 147 Å². The van der Waals surface area contributed by atoms with Crippen LogP contribution in [0.4, 0.5) is 0 Å². The molecule has 0 bridgehead atoms. The first-order valence-corrected chi connectivity index (χ1v) is 14.7. The summed E-state index contributed by atoms with van der Waals surface area (Å²) in [5, 5.41) is 11.5. The first-order chi connectivity index (χ1) is 20.9. The van der Waals surface area contributed by atoms with Gasteiger partial charge >= 0.3 is 0 Å². The number of benzene rings is 4. The van der Waals surface area contributed by atoms with E-state index in [9.17, 15) is 19.5 Å². The minimum Gasteiger partial charge on any atom is -0.506 e. The fraction of sp³-hybridized carbons (Fsp3) is 0.189. The molecule has 0 unspecified atom stereocenters. The molecular weight excluding hydrogens is 536 g/mol. The van der Waals surface area contributed by atoms with Gasteiger partial charge in [0.1, 0.15) is 17.3 Å². The molecular formula is C37H26N2O4. The zero-order valence-corrected chi connectivity index (χ0v) is 23.3. The molecule has 0 amide bonds. The number of fused-ring (bicyclic) bond motifs is 5. The first-order valence-electron chi connectivity index (χ1n) is 14.7. The molecule has 0 saturated carbocycles. The number of carbonyl (C=O) groups is 3. The Balaban J connectivity index is 1.35. The lowest BCUT2D eigenvalue weighted by atomic mass is 9.63. The number of aliphatic hydroxyl groups is 1. The minimum atomic E-state index is -1.42. The third-order valence-electron chi connectivity index (χ3n) is 10.3. The summed E-state index contributed by atoms with van der Waals surface area (Å²) in [6.45, 7) is 2.01. The Labute approximate surface area is 248 Å². The molecule has 1 spiro atoms. The molecule has 5 aliphatic rings. The molecule has 6 nitrogen and oxygen atoms in total. The van der Waals surface area contributed by atoms with Gasteiger partial charge in [0.05, 0.1) is 17.3 Å². The van der Waals surface area contributed by atoms with Gasteiger partial charge in [0.25, 0.3) is 0 Å². The van der Waals surface area contributed by atoms with Crippen LogP contribution in [-0.4, -0.2) is 45.2 Å². The number of Topliss-reactive ketones (excluding diaryl/α,β-unsaturated/α-hetero) is 3. The standard InChI is InChI=1S/C37H26N2O4/c1-19-14-16-20(17-15-19)29-31-30(28-32(40)23-10-4-5-11-24(23)33(28)41)38-36-22-9-3-2-8-21(22)18-27(39(31)36)37(29)34(42)25-12-6-7-13-26(25)35(37)43/h2-17,27,29,31,36,40H,18H2,1H3/t27-,29-,31+,36-/m0/s1. The van der Waals surface area contributed by atoms with Crippen molar-refractivity contribution in [1.82, 2.24) is 4.90 Å². The fourth-order valence-electron chi connectivity index (χ4n) is 8.58. The lowest BCUT2D eigenvalue weighted by Crippen LogP contribution is -2.51. The highest BCUT2D eigenvalue weighted by Gasteiger charge is 2.74. The van der Waals surface area contributed by atoms with Crippen LogP contribution in [0.25, 0.3) is 5.76 Å². The zero-order chi connectivity index (χ0) is 29.2. The topological polar surface area (TPSA) is 87.0 Å². The van der Waals surface area contributed by atoms with Crippen molar-refractivity contribution in [2.75, 3.05) is 0 Å². The number of nitrogens with zero attached hydrogens (tertiary/aromatic N) is 2. The van der Waals surface area contributed by atoms with E-state index in [1.54, 1.807) is 36.4 Å². The van der Waals surface area contributed by atoms with Crippen molar-refractivity contribution in [3.8, 4) is 0 Å². The van der Waals surface area contributed by atoms with E-state index in [1.807, 2.05) is 67.6 Å². The number of ketones is 3. The molecule has 1 fully saturated rings. The normalized spacial score (nSPS) is 26.1. The van der Waals surface area contributed by atoms with Crippen LogP contribution >= 0.6 is 0 Å². The maximum Gasteiger partial charge on any atom is 0.199 e. The molecule has 208 valence electrons. The smallest absolute Gasteiger partial charge is 0.199 e. The van der Waals surface area contributed by atoms with E-state index in [0.29, 0.717) is 34.4 Å². The Morgan fingerprint density at radius 3 is 2.05 bits per heavy atom. The highest BCUT2D eigenvalue weighted by Crippen LogP contribution is 2.64. The van der Waals surface area contributed by atoms with E-state index in [2.05, 4.69) is 4.90 Å². The summed E-state index contributed by atoms with van der Waals surface area (Å²) in [4.78, 5) is 51.1. The number of carbonyl (C=O) groups excluding carboxylic acids is 3. The van der Waals surface area contributed by atoms with Crippen LogP contribution in [0.5, 0.6) is 0 Å². The van der Waals surface area contributed by atoms with E-state index in [0.717, 1.165) is 22.3 Å². The Bertz CT molecular complexity index is 1990. The van der Waals surface area contributed by atoms with Gasteiger partial charge in [0.15, 0.2) is 17.3 Å². The predicted octanol–water partition coefficient (Wildman–Crippen LogP) is 6.07. The van der Waals surface area contributed by atoms with E-state index in [1.165, 1.54) is 0 Å². The lowest BCUT2D eigenvalue weighted by Gasteiger charge is -2.40. The first kappa shape index (κ1) is 24.6. The summed E-state index contributed by atoms with van der Waals surface area (Å²) in [6, 6.07) is 29.1. The Morgan fingerprint density at radius 2 is 1.37 bits per heavy atom. The number of rotatable bonds is 2. The van der Waals surface area contributed by atoms with E-state index < -0.39 is 29.6 Å². The molecule has 43 heavy (non-hydrogen) atoms. The molecule has 4 aromatic carbocycles. The fourth-order valence-corrected chi connectivity index (χ4v) is 8.58. The number of hydrogen-bond donors (Lipinski definition) is 1. The summed E-state index contributed by atoms with van der Waals surface area (Å²) in [5.74, 6) is -1.35. The van der Waals surface area contributed by atoms with Gasteiger partial charge in [-0.15, -0.1) is 0 Å². The van der Waals surface area contributed by atoms with Crippen molar-refractivity contribution >= 4 is 28.8 Å². The van der Waals surface area contributed by atoms with Crippen LogP contribution < -0.4 is 0 Å². The zero-order valence-electron chi connectivity index (χ0n) is 23.3. The molecule has 9 rings (SSSR count). The SMILES string of the molecule is Cc1ccc([C@H]2[C@@H]3C(C4=C(O)c5ccccc5C4=O)=N[C@@H]4c5ccccc5C[C@H](N43)C23C(=O)c2ccccc2C3=O)cc1. The molecule has 3 heterocycles. The Hall–Kier alpha value is -4.94. The molecule has 4 atom stereocenters. The number of hydrogen-bond acceptors (Lipinski definition) is 6. The Morgan fingerprint density at radius 1 is 0.767 bits per heavy atom. The van der Waals surface area contributed by atoms with E-state index >= 15 is 0 Å². The number of aryl methyl sites for hydroxylation is 1. The lowest BCUT2D eigenvalue weighted by molar-refractivity contribution is 0.0544. The highest BCUT2D eigenvalue weighted by molar-refractivity contribution is 6.38. The van der Waals surface area contributed by atoms with Gasteiger partial charge < -0.3 is 5.11 Å². The van der Waals surface area contributed by atoms with Gasteiger partial charge in [-0.2, -0.15) is 0 Å². The van der Waals surface area contributed by atoms with Gasteiger partial charge in [-0.3, -0.25) is 24.3 Å². The average molecular weight is 563 g/mol. The number of aliphatic imine (C=N–C) groups is 1. The van der Waals surface area contributed by atoms with Crippen LogP contribution in [0, 0.1) is 12.3 Å².